The maximum Gasteiger partial charge on any atom is 0.131 e. The quantitative estimate of drug-likeness (QED) is 0.658. The molecule has 0 fully saturated rings. The Labute approximate surface area is 119 Å². The highest BCUT2D eigenvalue weighted by Crippen LogP contribution is 2.42. The van der Waals surface area contributed by atoms with Crippen LogP contribution in [0.5, 0.6) is 11.5 Å². The largest absolute Gasteiger partial charge is 0.507 e. The molecule has 20 heavy (non-hydrogen) atoms. The van der Waals surface area contributed by atoms with E-state index in [0.717, 1.165) is 59.9 Å². The van der Waals surface area contributed by atoms with Crippen molar-refractivity contribution in [3.05, 3.63) is 47.5 Å². The number of allylic oxidation sites excluding steroid dienone is 2. The van der Waals surface area contributed by atoms with Crippen LogP contribution in [0.1, 0.15) is 30.9 Å². The Hall–Kier alpha value is -1.96. The molecular formula is C18H20O2. The van der Waals surface area contributed by atoms with Gasteiger partial charge in [0.05, 0.1) is 6.61 Å². The summed E-state index contributed by atoms with van der Waals surface area (Å²) in [6, 6.07) is 7.97. The first-order valence-corrected chi connectivity index (χ1v) is 7.36. The molecule has 0 aliphatic heterocycles. The van der Waals surface area contributed by atoms with Crippen molar-refractivity contribution < 1.29 is 9.84 Å². The third-order valence-corrected chi connectivity index (χ3v) is 3.91. The summed E-state index contributed by atoms with van der Waals surface area (Å²) in [4.78, 5) is 0. The number of ether oxygens (including phenoxy) is 1. The molecule has 0 radical (unpaired) electrons. The van der Waals surface area contributed by atoms with Gasteiger partial charge >= 0.3 is 0 Å². The highest BCUT2D eigenvalue weighted by molar-refractivity contribution is 5.96. The van der Waals surface area contributed by atoms with Crippen LogP contribution in [-0.2, 0) is 12.8 Å². The van der Waals surface area contributed by atoms with E-state index in [-0.39, 0.29) is 0 Å². The molecule has 0 amide bonds. The minimum Gasteiger partial charge on any atom is -0.507 e. The molecule has 3 rings (SSSR count). The molecule has 1 aliphatic rings. The van der Waals surface area contributed by atoms with Crippen molar-refractivity contribution in [1.29, 1.82) is 0 Å². The number of fused-ring (bicyclic) bond motifs is 2. The minimum atomic E-state index is 0.419. The lowest BCUT2D eigenvalue weighted by molar-refractivity contribution is 0.309. The molecule has 0 spiro atoms. The molecule has 0 unspecified atom stereocenters. The van der Waals surface area contributed by atoms with Gasteiger partial charge in [-0.25, -0.2) is 0 Å². The summed E-state index contributed by atoms with van der Waals surface area (Å²) in [6.07, 6.45) is 8.08. The van der Waals surface area contributed by atoms with E-state index in [4.69, 9.17) is 4.74 Å². The standard InChI is InChI=1S/C18H20O2/c1-2-3-12-20-18-15-10-6-4-8-13(15)17(19)14-9-5-7-11-16(14)18/h4-8,10,19H,2-3,9,11-12H2,1H3. The summed E-state index contributed by atoms with van der Waals surface area (Å²) in [5, 5.41) is 12.4. The van der Waals surface area contributed by atoms with E-state index in [1.165, 1.54) is 0 Å². The van der Waals surface area contributed by atoms with Crippen LogP contribution < -0.4 is 4.74 Å². The zero-order chi connectivity index (χ0) is 13.9. The van der Waals surface area contributed by atoms with Crippen LogP contribution in [0.15, 0.2) is 36.4 Å². The van der Waals surface area contributed by atoms with Gasteiger partial charge in [0.15, 0.2) is 0 Å². The monoisotopic (exact) mass is 268 g/mol. The number of hydrogen-bond acceptors (Lipinski definition) is 2. The molecule has 0 aromatic heterocycles. The lowest BCUT2D eigenvalue weighted by Gasteiger charge is -2.21. The van der Waals surface area contributed by atoms with Crippen molar-refractivity contribution in [1.82, 2.24) is 0 Å². The van der Waals surface area contributed by atoms with Gasteiger partial charge in [-0.15, -0.1) is 0 Å². The second kappa shape index (κ2) is 5.58. The van der Waals surface area contributed by atoms with Gasteiger partial charge in [-0.3, -0.25) is 0 Å². The molecule has 104 valence electrons. The van der Waals surface area contributed by atoms with Crippen LogP contribution in [0.25, 0.3) is 10.8 Å². The van der Waals surface area contributed by atoms with Crippen molar-refractivity contribution in [2.75, 3.05) is 6.61 Å². The fraction of sp³-hybridized carbons (Fsp3) is 0.333. The molecule has 0 bridgehead atoms. The lowest BCUT2D eigenvalue weighted by atomic mass is 9.91. The average molecular weight is 268 g/mol. The van der Waals surface area contributed by atoms with Gasteiger partial charge in [0, 0.05) is 21.9 Å². The van der Waals surface area contributed by atoms with Crippen LogP contribution in [0.2, 0.25) is 0 Å². The van der Waals surface area contributed by atoms with E-state index < -0.39 is 0 Å². The predicted octanol–water partition coefficient (Wildman–Crippen LogP) is 4.38. The molecule has 1 N–H and O–H groups in total. The summed E-state index contributed by atoms with van der Waals surface area (Å²) in [5.41, 5.74) is 2.18. The molecule has 0 saturated carbocycles. The second-order valence-electron chi connectivity index (χ2n) is 5.26. The van der Waals surface area contributed by atoms with Gasteiger partial charge < -0.3 is 9.84 Å². The average Bonchev–Trinajstić information content (AvgIpc) is 2.51. The normalized spacial score (nSPS) is 13.4. The van der Waals surface area contributed by atoms with Crippen molar-refractivity contribution in [3.8, 4) is 11.5 Å². The fourth-order valence-corrected chi connectivity index (χ4v) is 2.81. The Morgan fingerprint density at radius 1 is 1.05 bits per heavy atom. The second-order valence-corrected chi connectivity index (χ2v) is 5.26. The van der Waals surface area contributed by atoms with E-state index in [2.05, 4.69) is 19.1 Å². The highest BCUT2D eigenvalue weighted by atomic mass is 16.5. The van der Waals surface area contributed by atoms with Gasteiger partial charge in [-0.05, 0) is 19.3 Å². The van der Waals surface area contributed by atoms with Crippen LogP contribution in [0.3, 0.4) is 0 Å². The first-order valence-electron chi connectivity index (χ1n) is 7.36. The Kier molecular flexibility index (Phi) is 3.64. The number of phenolic OH excluding ortho intramolecular Hbond substituents is 1. The number of hydrogen-bond donors (Lipinski definition) is 1. The van der Waals surface area contributed by atoms with Crippen LogP contribution in [0.4, 0.5) is 0 Å². The van der Waals surface area contributed by atoms with E-state index in [1.54, 1.807) is 0 Å². The lowest BCUT2D eigenvalue weighted by Crippen LogP contribution is -2.06. The summed E-state index contributed by atoms with van der Waals surface area (Å²) >= 11 is 0. The van der Waals surface area contributed by atoms with Gasteiger partial charge in [-0.2, -0.15) is 0 Å². The molecule has 0 saturated heterocycles. The highest BCUT2D eigenvalue weighted by Gasteiger charge is 2.20. The topological polar surface area (TPSA) is 29.5 Å². The van der Waals surface area contributed by atoms with Crippen molar-refractivity contribution >= 4 is 10.8 Å². The summed E-state index contributed by atoms with van der Waals surface area (Å²) in [6.45, 7) is 2.90. The predicted molar refractivity (Wildman–Crippen MR) is 82.6 cm³/mol. The van der Waals surface area contributed by atoms with Crippen LogP contribution in [-0.4, -0.2) is 11.7 Å². The Bertz CT molecular complexity index is 656. The van der Waals surface area contributed by atoms with Crippen molar-refractivity contribution in [2.24, 2.45) is 0 Å². The van der Waals surface area contributed by atoms with E-state index in [1.807, 2.05) is 24.3 Å². The third kappa shape index (κ3) is 2.15. The molecule has 0 heterocycles. The number of aromatic hydroxyl groups is 1. The molecule has 1 aliphatic carbocycles. The minimum absolute atomic E-state index is 0.419. The first-order chi connectivity index (χ1) is 9.83. The molecule has 2 aromatic rings. The zero-order valence-electron chi connectivity index (χ0n) is 11.9. The van der Waals surface area contributed by atoms with E-state index in [0.29, 0.717) is 5.75 Å². The van der Waals surface area contributed by atoms with E-state index >= 15 is 0 Å². The maximum absolute atomic E-state index is 10.5. The molecular weight excluding hydrogens is 248 g/mol. The smallest absolute Gasteiger partial charge is 0.131 e. The van der Waals surface area contributed by atoms with Gasteiger partial charge in [-0.1, -0.05) is 49.8 Å². The fourth-order valence-electron chi connectivity index (χ4n) is 2.81. The van der Waals surface area contributed by atoms with Gasteiger partial charge in [0.25, 0.3) is 0 Å². The molecule has 0 atom stereocenters. The molecule has 2 aromatic carbocycles. The third-order valence-electron chi connectivity index (χ3n) is 3.91. The van der Waals surface area contributed by atoms with Gasteiger partial charge in [0.2, 0.25) is 0 Å². The number of benzene rings is 2. The molecule has 2 nitrogen and oxygen atoms in total. The molecule has 2 heteroatoms. The van der Waals surface area contributed by atoms with Crippen molar-refractivity contribution in [3.63, 3.8) is 0 Å². The Morgan fingerprint density at radius 2 is 1.75 bits per heavy atom. The van der Waals surface area contributed by atoms with Crippen LogP contribution in [0, 0.1) is 0 Å². The summed E-state index contributed by atoms with van der Waals surface area (Å²) in [5.74, 6) is 1.38. The summed E-state index contributed by atoms with van der Waals surface area (Å²) < 4.78 is 6.07. The first kappa shape index (κ1) is 13.0. The van der Waals surface area contributed by atoms with E-state index in [9.17, 15) is 5.11 Å². The Balaban J connectivity index is 2.17. The number of rotatable bonds is 4. The van der Waals surface area contributed by atoms with Gasteiger partial charge in [0.1, 0.15) is 11.5 Å². The van der Waals surface area contributed by atoms with Crippen LogP contribution >= 0.6 is 0 Å². The van der Waals surface area contributed by atoms with Crippen molar-refractivity contribution in [2.45, 2.75) is 32.6 Å². The number of phenols is 1. The Morgan fingerprint density at radius 3 is 2.50 bits per heavy atom. The SMILES string of the molecule is CCCCOc1c2c(c(O)c3ccccc13)CC=CC2. The maximum atomic E-state index is 10.5. The zero-order valence-corrected chi connectivity index (χ0v) is 11.9. The summed E-state index contributed by atoms with van der Waals surface area (Å²) in [7, 11) is 0. The number of unbranched alkanes of at least 4 members (excludes halogenated alkanes) is 1.